The van der Waals surface area contributed by atoms with Gasteiger partial charge in [0.1, 0.15) is 116 Å². The summed E-state index contributed by atoms with van der Waals surface area (Å²) in [7, 11) is 0. The van der Waals surface area contributed by atoms with Gasteiger partial charge in [-0.25, -0.2) is 19.2 Å². The molecule has 0 fully saturated rings. The van der Waals surface area contributed by atoms with Crippen LogP contribution in [-0.4, -0.2) is 300 Å². The van der Waals surface area contributed by atoms with Crippen molar-refractivity contribution in [3.63, 3.8) is 0 Å². The minimum Gasteiger partial charge on any atom is -0.550 e. The van der Waals surface area contributed by atoms with E-state index >= 15 is 0 Å². The number of hydrogen-bond donors (Lipinski definition) is 12. The van der Waals surface area contributed by atoms with Crippen LogP contribution in [-0.2, 0) is 83.2 Å². The Morgan fingerprint density at radius 2 is 0.415 bits per heavy atom. The molecule has 0 radical (unpaired) electrons. The topological polar surface area (TPSA) is 716 Å². The van der Waals surface area contributed by atoms with Gasteiger partial charge in [-0.2, -0.15) is 21.0 Å². The van der Waals surface area contributed by atoms with Crippen molar-refractivity contribution >= 4 is 252 Å². The molecule has 0 atom stereocenters. The molecule has 0 aromatic carbocycles. The average molecular weight is 1540 g/mol. The van der Waals surface area contributed by atoms with Crippen molar-refractivity contribution in [2.45, 2.75) is 25.7 Å². The SMILES string of the molecule is N#Cc1c(N(CC(=O)O)CC(=O)O)sc(C(=O)O)c1CC(=O)[O-].N#Cc1c(N(CC(=O)O)CC(=O)O)sc(C(=O)O)c1CC(=O)[O-].N#Cc1c(N(CC(=O)O)CC(=O)O)sc(C(=O)O)c1CC(=O)[O-].N#Cc1c(N(CC(=O)O)CC(=O)O)sc(C(=O)O)c1CC(=O)[O-].[Sr+2].[Sr+2]. The fourth-order valence-corrected chi connectivity index (χ4v) is 11.6. The van der Waals surface area contributed by atoms with E-state index in [1.54, 1.807) is 24.3 Å². The Morgan fingerprint density at radius 1 is 0.287 bits per heavy atom. The fraction of sp³-hybridized carbons (Fsp3) is 0.250. The Balaban J connectivity index is 0. The first-order chi connectivity index (χ1) is 42.7. The van der Waals surface area contributed by atoms with Gasteiger partial charge in [-0.3, -0.25) is 38.4 Å². The van der Waals surface area contributed by atoms with E-state index in [2.05, 4.69) is 0 Å². The summed E-state index contributed by atoms with van der Waals surface area (Å²) in [5.74, 6) is -23.8. The third-order valence-electron chi connectivity index (χ3n) is 10.2. The molecular weight excluding hydrogens is 1500 g/mol. The molecule has 0 spiro atoms. The first-order valence-corrected chi connectivity index (χ1v) is 26.6. The molecule has 0 aliphatic rings. The van der Waals surface area contributed by atoms with Crippen molar-refractivity contribution < 1.29 is 158 Å². The van der Waals surface area contributed by atoms with Gasteiger partial charge in [-0.15, -0.1) is 45.3 Å². The third-order valence-corrected chi connectivity index (χ3v) is 15.3. The maximum absolute atomic E-state index is 11.2. The zero-order valence-corrected chi connectivity index (χ0v) is 56.9. The molecule has 46 heteroatoms. The molecule has 0 saturated carbocycles. The molecule has 94 heavy (non-hydrogen) atoms. The molecule has 488 valence electrons. The molecule has 40 nitrogen and oxygen atoms in total. The predicted molar refractivity (Wildman–Crippen MR) is 300 cm³/mol. The maximum Gasteiger partial charge on any atom is 2.00 e. The van der Waals surface area contributed by atoms with Gasteiger partial charge in [0.25, 0.3) is 0 Å². The van der Waals surface area contributed by atoms with Crippen LogP contribution in [0.1, 0.15) is 83.2 Å². The molecule has 0 unspecified atom stereocenters. The zero-order chi connectivity index (χ0) is 70.9. The van der Waals surface area contributed by atoms with Crippen LogP contribution in [0.3, 0.4) is 0 Å². The zero-order valence-electron chi connectivity index (χ0n) is 46.6. The van der Waals surface area contributed by atoms with Crippen molar-refractivity contribution in [2.75, 3.05) is 72.0 Å². The third kappa shape index (κ3) is 27.0. The van der Waals surface area contributed by atoms with Gasteiger partial charge in [0.15, 0.2) is 0 Å². The number of carbonyl (C=O) groups excluding carboxylic acids is 4. The van der Waals surface area contributed by atoms with Crippen molar-refractivity contribution in [3.8, 4) is 24.3 Å². The van der Waals surface area contributed by atoms with Gasteiger partial charge >= 0.3 is 163 Å². The van der Waals surface area contributed by atoms with Crippen LogP contribution in [0, 0.1) is 45.3 Å². The number of aromatic carboxylic acids is 4. The summed E-state index contributed by atoms with van der Waals surface area (Å²) in [6.07, 6.45) is -3.46. The number of carboxylic acids is 16. The minimum atomic E-state index is -1.63. The number of nitrogens with zero attached hydrogens (tertiary/aromatic N) is 8. The molecule has 4 heterocycles. The van der Waals surface area contributed by atoms with Crippen molar-refractivity contribution in [2.24, 2.45) is 0 Å². The van der Waals surface area contributed by atoms with Crippen molar-refractivity contribution in [1.82, 2.24) is 0 Å². The fourth-order valence-electron chi connectivity index (χ4n) is 7.21. The van der Waals surface area contributed by atoms with Crippen LogP contribution in [0.4, 0.5) is 20.0 Å². The first kappa shape index (κ1) is 86.5. The van der Waals surface area contributed by atoms with E-state index in [0.717, 1.165) is 19.6 Å². The molecule has 4 rings (SSSR count). The molecule has 0 aliphatic carbocycles. The smallest absolute Gasteiger partial charge is 0.550 e. The van der Waals surface area contributed by atoms with E-state index in [9.17, 15) is 97.1 Å². The summed E-state index contributed by atoms with van der Waals surface area (Å²) >= 11 is 1.76. The molecule has 0 bridgehead atoms. The Kier molecular flexibility index (Phi) is 37.2. The second-order valence-corrected chi connectivity index (χ2v) is 20.8. The largest absolute Gasteiger partial charge is 2.00 e. The Morgan fingerprint density at radius 3 is 0.500 bits per heavy atom. The van der Waals surface area contributed by atoms with Crippen LogP contribution in [0.2, 0.25) is 0 Å². The Hall–Kier alpha value is -9.56. The van der Waals surface area contributed by atoms with Gasteiger partial charge in [0.2, 0.25) is 0 Å². The first-order valence-electron chi connectivity index (χ1n) is 23.4. The molecular formula is C48H36N8O32S4Sr2. The number of anilines is 4. The summed E-state index contributed by atoms with van der Waals surface area (Å²) < 4.78 is 0. The van der Waals surface area contributed by atoms with Crippen LogP contribution < -0.4 is 40.0 Å². The number of rotatable bonds is 32. The second kappa shape index (κ2) is 40.4. The van der Waals surface area contributed by atoms with Crippen LogP contribution in [0.15, 0.2) is 0 Å². The van der Waals surface area contributed by atoms with E-state index in [-0.39, 0.29) is 155 Å². The molecule has 4 aromatic heterocycles. The number of carboxylic acid groups (broad SMARTS) is 16. The molecule has 0 amide bonds. The molecule has 12 N–H and O–H groups in total. The monoisotopic (exact) mass is 1540 g/mol. The molecule has 4 aromatic rings. The van der Waals surface area contributed by atoms with Crippen molar-refractivity contribution in [3.05, 3.63) is 64.0 Å². The van der Waals surface area contributed by atoms with Gasteiger partial charge in [-0.05, 0) is 0 Å². The average Bonchev–Trinajstić information content (AvgIpc) is 1.68. The number of nitriles is 4. The summed E-state index contributed by atoms with van der Waals surface area (Å²) in [5, 5.41) is 186. The second-order valence-electron chi connectivity index (χ2n) is 16.8. The van der Waals surface area contributed by atoms with Gasteiger partial charge in [0, 0.05) is 71.8 Å². The number of thiophene rings is 4. The molecule has 0 aliphatic heterocycles. The Labute approximate surface area is 611 Å². The van der Waals surface area contributed by atoms with E-state index in [4.69, 9.17) is 82.3 Å². The van der Waals surface area contributed by atoms with Crippen LogP contribution in [0.5, 0.6) is 0 Å². The predicted octanol–water partition coefficient (Wildman–Crippen LogP) is -6.42. The van der Waals surface area contributed by atoms with Gasteiger partial charge in [-0.1, -0.05) is 0 Å². The van der Waals surface area contributed by atoms with E-state index in [0.29, 0.717) is 45.3 Å². The van der Waals surface area contributed by atoms with Gasteiger partial charge in [0.05, 0.1) is 22.3 Å². The summed E-state index contributed by atoms with van der Waals surface area (Å²) in [5.41, 5.74) is -2.94. The summed E-state index contributed by atoms with van der Waals surface area (Å²) in [6, 6.07) is 6.40. The molecule has 0 saturated heterocycles. The summed E-state index contributed by atoms with van der Waals surface area (Å²) in [4.78, 5) is 176. The van der Waals surface area contributed by atoms with E-state index in [1.165, 1.54) is 0 Å². The standard InChI is InChI=1S/4C12H10N2O8S.2Sr/c4*13-2-6-5(1-7(15)16)10(12(21)22)23-11(6)14(3-8(17)18)4-9(19)20;;/h4*1,3-4H2,(H,15,16)(H,17,18)(H,19,20)(H,21,22);;/q;;;;2*+2/p-4. The number of hydrogen-bond acceptors (Lipinski definition) is 32. The number of carbonyl (C=O) groups is 16. The normalized spacial score (nSPS) is 9.66. The Bertz CT molecular complexity index is 3310. The minimum absolute atomic E-state index is 0. The van der Waals surface area contributed by atoms with Gasteiger partial charge < -0.3 is 120 Å². The van der Waals surface area contributed by atoms with Crippen molar-refractivity contribution in [1.29, 1.82) is 21.0 Å². The van der Waals surface area contributed by atoms with E-state index < -0.39 is 193 Å². The maximum atomic E-state index is 11.2. The van der Waals surface area contributed by atoms with Crippen LogP contribution in [0.25, 0.3) is 0 Å². The number of aliphatic carboxylic acids is 12. The quantitative estimate of drug-likeness (QED) is 0.0202. The summed E-state index contributed by atoms with van der Waals surface area (Å²) in [6.45, 7) is -6.40. The van der Waals surface area contributed by atoms with E-state index in [1.807, 2.05) is 0 Å². The van der Waals surface area contributed by atoms with Crippen LogP contribution >= 0.6 is 45.3 Å².